The molecule has 1 fully saturated rings. The molecule has 0 unspecified atom stereocenters. The number of aliphatic carboxylic acids is 1. The molecule has 0 radical (unpaired) electrons. The number of rotatable bonds is 6. The van der Waals surface area contributed by atoms with Crippen molar-refractivity contribution in [1.29, 1.82) is 0 Å². The van der Waals surface area contributed by atoms with Gasteiger partial charge >= 0.3 is 5.97 Å². The summed E-state index contributed by atoms with van der Waals surface area (Å²) in [7, 11) is 0. The first-order chi connectivity index (χ1) is 14.4. The summed E-state index contributed by atoms with van der Waals surface area (Å²) in [5.41, 5.74) is 0.203. The summed E-state index contributed by atoms with van der Waals surface area (Å²) in [6.07, 6.45) is 1.11. The second kappa shape index (κ2) is 8.19. The van der Waals surface area contributed by atoms with E-state index in [1.54, 1.807) is 6.07 Å². The van der Waals surface area contributed by atoms with Crippen molar-refractivity contribution in [2.24, 2.45) is 5.92 Å². The summed E-state index contributed by atoms with van der Waals surface area (Å²) in [6, 6.07) is 5.41. The second-order valence-corrected chi connectivity index (χ2v) is 7.24. The van der Waals surface area contributed by atoms with Gasteiger partial charge in [0.1, 0.15) is 5.82 Å². The molecule has 1 aliphatic heterocycles. The Labute approximate surface area is 174 Å². The van der Waals surface area contributed by atoms with Gasteiger partial charge in [0.25, 0.3) is 0 Å². The fraction of sp³-hybridized carbons (Fsp3) is 0.333. The highest BCUT2D eigenvalue weighted by molar-refractivity contribution is 6.34. The molecule has 30 heavy (non-hydrogen) atoms. The van der Waals surface area contributed by atoms with Gasteiger partial charge in [0, 0.05) is 30.6 Å². The van der Waals surface area contributed by atoms with Crippen molar-refractivity contribution in [2.45, 2.75) is 19.4 Å². The van der Waals surface area contributed by atoms with Gasteiger partial charge < -0.3 is 14.5 Å². The first-order valence-electron chi connectivity index (χ1n) is 9.11. The lowest BCUT2D eigenvalue weighted by molar-refractivity contribution is -0.138. The number of carbonyl (C=O) groups excluding carboxylic acids is 1. The van der Waals surface area contributed by atoms with Crippen molar-refractivity contribution in [2.75, 3.05) is 18.0 Å². The molecule has 3 heterocycles. The molecule has 0 amide bonds. The third-order valence-corrected chi connectivity index (χ3v) is 5.16. The number of aromatic nitrogens is 5. The van der Waals surface area contributed by atoms with Crippen molar-refractivity contribution < 1.29 is 23.6 Å². The zero-order valence-corrected chi connectivity index (χ0v) is 16.3. The number of anilines is 1. The molecule has 10 nitrogen and oxygen atoms in total. The maximum Gasteiger partial charge on any atom is 0.327 e. The van der Waals surface area contributed by atoms with Crippen molar-refractivity contribution in [3.8, 4) is 11.6 Å². The number of piperidine rings is 1. The quantitative estimate of drug-likeness (QED) is 0.581. The Morgan fingerprint density at radius 1 is 1.27 bits per heavy atom. The Morgan fingerprint density at radius 3 is 2.77 bits per heavy atom. The van der Waals surface area contributed by atoms with Crippen LogP contribution in [0.15, 0.2) is 28.8 Å². The van der Waals surface area contributed by atoms with E-state index in [0.29, 0.717) is 31.7 Å². The average molecular weight is 435 g/mol. The van der Waals surface area contributed by atoms with Crippen molar-refractivity contribution in [1.82, 2.24) is 25.4 Å². The van der Waals surface area contributed by atoms with Crippen LogP contribution >= 0.6 is 11.6 Å². The Bertz CT molecular complexity index is 1090. The van der Waals surface area contributed by atoms with E-state index in [1.807, 2.05) is 4.90 Å². The topological polar surface area (TPSA) is 127 Å². The monoisotopic (exact) mass is 434 g/mol. The van der Waals surface area contributed by atoms with E-state index < -0.39 is 18.3 Å². The molecule has 156 valence electrons. The van der Waals surface area contributed by atoms with Gasteiger partial charge in [-0.1, -0.05) is 16.8 Å². The van der Waals surface area contributed by atoms with E-state index in [2.05, 4.69) is 20.6 Å². The van der Waals surface area contributed by atoms with Crippen LogP contribution in [0.4, 0.5) is 10.2 Å². The number of carbonyl (C=O) groups is 2. The zero-order valence-electron chi connectivity index (χ0n) is 15.5. The first kappa shape index (κ1) is 20.0. The summed E-state index contributed by atoms with van der Waals surface area (Å²) in [6.45, 7) is 0.688. The normalized spacial score (nSPS) is 14.8. The highest BCUT2D eigenvalue weighted by atomic mass is 35.5. The van der Waals surface area contributed by atoms with E-state index >= 15 is 0 Å². The number of ketones is 1. The lowest BCUT2D eigenvalue weighted by atomic mass is 9.89. The number of carboxylic acid groups (broad SMARTS) is 1. The van der Waals surface area contributed by atoms with E-state index in [9.17, 15) is 14.0 Å². The largest absolute Gasteiger partial charge is 0.480 e. The number of halogens is 2. The summed E-state index contributed by atoms with van der Waals surface area (Å²) in [5, 5.41) is 24.3. The Kier molecular flexibility index (Phi) is 5.44. The maximum atomic E-state index is 13.5. The molecule has 3 aromatic rings. The molecule has 0 bridgehead atoms. The molecule has 0 saturated carbocycles. The molecule has 0 atom stereocenters. The summed E-state index contributed by atoms with van der Waals surface area (Å²) in [5.74, 6) is -1.08. The van der Waals surface area contributed by atoms with E-state index in [0.717, 1.165) is 4.80 Å². The molecule has 4 rings (SSSR count). The van der Waals surface area contributed by atoms with Crippen molar-refractivity contribution >= 4 is 29.2 Å². The molecule has 0 spiro atoms. The van der Waals surface area contributed by atoms with Crippen LogP contribution in [0.5, 0.6) is 0 Å². The highest BCUT2D eigenvalue weighted by Crippen LogP contribution is 2.29. The SMILES string of the molecule is O=C(O)Cn1nnc(-c2cc(N3CCC(C(=O)c4cc(F)ccc4Cl)CC3)no2)n1. The van der Waals surface area contributed by atoms with Crippen molar-refractivity contribution in [3.05, 3.63) is 40.7 Å². The van der Waals surface area contributed by atoms with Gasteiger partial charge in [0.05, 0.1) is 5.02 Å². The van der Waals surface area contributed by atoms with Crippen LogP contribution in [0.1, 0.15) is 23.2 Å². The number of tetrazole rings is 1. The van der Waals surface area contributed by atoms with Gasteiger partial charge in [-0.15, -0.1) is 10.2 Å². The molecule has 1 saturated heterocycles. The number of carboxylic acids is 1. The smallest absolute Gasteiger partial charge is 0.327 e. The standard InChI is InChI=1S/C18H16ClFN6O4/c19-13-2-1-11(20)7-12(13)17(29)10-3-5-25(6-4-10)15-8-14(30-23-15)18-21-24-26(22-18)9-16(27)28/h1-2,7-8,10H,3-6,9H2,(H,27,28). The molecule has 1 aliphatic rings. The van der Waals surface area contributed by atoms with Crippen LogP contribution in [-0.4, -0.2) is 55.3 Å². The van der Waals surface area contributed by atoms with Crippen molar-refractivity contribution in [3.63, 3.8) is 0 Å². The summed E-state index contributed by atoms with van der Waals surface area (Å²) in [4.78, 5) is 26.3. The molecular formula is C18H16ClFN6O4. The minimum absolute atomic E-state index is 0.126. The first-order valence-corrected chi connectivity index (χ1v) is 9.49. The number of hydrogen-bond acceptors (Lipinski definition) is 8. The summed E-state index contributed by atoms with van der Waals surface area (Å²) >= 11 is 6.05. The van der Waals surface area contributed by atoms with Gasteiger partial charge in [-0.3, -0.25) is 9.59 Å². The van der Waals surface area contributed by atoms with Crippen LogP contribution in [0.2, 0.25) is 5.02 Å². The van der Waals surface area contributed by atoms with Gasteiger partial charge in [-0.25, -0.2) is 4.39 Å². The van der Waals surface area contributed by atoms with E-state index in [-0.39, 0.29) is 33.9 Å². The Hall–Kier alpha value is -3.34. The molecule has 1 N–H and O–H groups in total. The number of nitrogens with zero attached hydrogens (tertiary/aromatic N) is 6. The molecular weight excluding hydrogens is 419 g/mol. The second-order valence-electron chi connectivity index (χ2n) is 6.84. The molecule has 1 aromatic carbocycles. The van der Waals surface area contributed by atoms with Gasteiger partial charge in [0.2, 0.25) is 11.6 Å². The number of benzene rings is 1. The van der Waals surface area contributed by atoms with E-state index in [4.69, 9.17) is 21.2 Å². The molecule has 0 aliphatic carbocycles. The van der Waals surface area contributed by atoms with Crippen LogP contribution in [0.25, 0.3) is 11.6 Å². The average Bonchev–Trinajstić information content (AvgIpc) is 3.38. The van der Waals surface area contributed by atoms with Crippen LogP contribution in [0, 0.1) is 11.7 Å². The van der Waals surface area contributed by atoms with Gasteiger partial charge in [0.15, 0.2) is 18.1 Å². The third-order valence-electron chi connectivity index (χ3n) is 4.83. The third kappa shape index (κ3) is 4.15. The summed E-state index contributed by atoms with van der Waals surface area (Å²) < 4.78 is 18.7. The zero-order chi connectivity index (χ0) is 21.3. The number of hydrogen-bond donors (Lipinski definition) is 1. The minimum Gasteiger partial charge on any atom is -0.480 e. The Morgan fingerprint density at radius 2 is 2.03 bits per heavy atom. The van der Waals surface area contributed by atoms with E-state index in [1.165, 1.54) is 18.2 Å². The lowest BCUT2D eigenvalue weighted by Gasteiger charge is -2.31. The number of Topliss-reactive ketones (excluding diaryl/α,β-unsaturated/α-hetero) is 1. The van der Waals surface area contributed by atoms with Crippen LogP contribution in [-0.2, 0) is 11.3 Å². The van der Waals surface area contributed by atoms with Gasteiger partial charge in [-0.05, 0) is 36.3 Å². The van der Waals surface area contributed by atoms with Crippen LogP contribution < -0.4 is 4.90 Å². The molecule has 2 aromatic heterocycles. The molecule has 12 heteroatoms. The highest BCUT2D eigenvalue weighted by Gasteiger charge is 2.29. The lowest BCUT2D eigenvalue weighted by Crippen LogP contribution is -2.36. The van der Waals surface area contributed by atoms with Gasteiger partial charge in [-0.2, -0.15) is 4.80 Å². The maximum absolute atomic E-state index is 13.5. The predicted octanol–water partition coefficient (Wildman–Crippen LogP) is 2.30. The minimum atomic E-state index is -1.09. The predicted molar refractivity (Wildman–Crippen MR) is 102 cm³/mol. The van der Waals surface area contributed by atoms with Crippen LogP contribution in [0.3, 0.4) is 0 Å². The fourth-order valence-electron chi connectivity index (χ4n) is 3.33. The Balaban J connectivity index is 1.40. The fourth-order valence-corrected chi connectivity index (χ4v) is 3.54.